The van der Waals surface area contributed by atoms with E-state index < -0.39 is 0 Å². The van der Waals surface area contributed by atoms with Gasteiger partial charge in [0.05, 0.1) is 6.61 Å². The second-order valence-corrected chi connectivity index (χ2v) is 6.40. The molecule has 3 N–H and O–H groups in total. The van der Waals surface area contributed by atoms with Gasteiger partial charge in [-0.1, -0.05) is 6.07 Å². The van der Waals surface area contributed by atoms with Crippen molar-refractivity contribution in [3.05, 3.63) is 53.9 Å². The van der Waals surface area contributed by atoms with Crippen LogP contribution in [0, 0.1) is 5.92 Å². The first kappa shape index (κ1) is 24.0. The smallest absolute Gasteiger partial charge is 0.251 e. The second-order valence-electron chi connectivity index (χ2n) is 6.40. The van der Waals surface area contributed by atoms with Crippen LogP contribution in [0.1, 0.15) is 35.7 Å². The minimum Gasteiger partial charge on any atom is -0.490 e. The van der Waals surface area contributed by atoms with Gasteiger partial charge in [-0.2, -0.15) is 0 Å². The Morgan fingerprint density at radius 3 is 2.64 bits per heavy atom. The lowest BCUT2D eigenvalue weighted by atomic mass is 10.1. The lowest BCUT2D eigenvalue weighted by molar-refractivity contribution is 0.0933. The maximum atomic E-state index is 12.5. The predicted molar refractivity (Wildman–Crippen MR) is 114 cm³/mol. The zero-order valence-electron chi connectivity index (χ0n) is 15.8. The van der Waals surface area contributed by atoms with Crippen molar-refractivity contribution >= 4 is 30.7 Å². The fraction of sp³-hybridized carbons (Fsp3) is 0.400. The molecule has 0 spiro atoms. The number of halogens is 2. The van der Waals surface area contributed by atoms with Crippen molar-refractivity contribution in [1.82, 2.24) is 10.3 Å². The van der Waals surface area contributed by atoms with Crippen LogP contribution in [0.3, 0.4) is 0 Å². The molecule has 1 aliphatic rings. The van der Waals surface area contributed by atoms with E-state index in [1.807, 2.05) is 19.1 Å². The molecule has 1 atom stereocenters. The molecular formula is C20H27Cl2N3O3. The number of rotatable bonds is 9. The maximum absolute atomic E-state index is 12.5. The Balaban J connectivity index is 0.00000196. The molecule has 28 heavy (non-hydrogen) atoms. The van der Waals surface area contributed by atoms with Gasteiger partial charge in [0.1, 0.15) is 6.61 Å². The molecule has 1 aromatic heterocycles. The highest BCUT2D eigenvalue weighted by molar-refractivity contribution is 5.95. The first-order chi connectivity index (χ1) is 12.7. The van der Waals surface area contributed by atoms with E-state index in [9.17, 15) is 4.79 Å². The predicted octanol–water partition coefficient (Wildman–Crippen LogP) is 3.37. The molecule has 0 bridgehead atoms. The number of nitrogens with two attached hydrogens (primary N) is 1. The Hall–Kier alpha value is -2.02. The Kier molecular flexibility index (Phi) is 10.1. The van der Waals surface area contributed by atoms with Gasteiger partial charge in [-0.3, -0.25) is 9.78 Å². The van der Waals surface area contributed by atoms with Crippen molar-refractivity contribution in [1.29, 1.82) is 0 Å². The van der Waals surface area contributed by atoms with Crippen LogP contribution < -0.4 is 20.5 Å². The number of carbonyl (C=O) groups is 1. The third-order valence-corrected chi connectivity index (χ3v) is 4.38. The van der Waals surface area contributed by atoms with Crippen LogP contribution in [0.4, 0.5) is 0 Å². The van der Waals surface area contributed by atoms with Crippen LogP contribution in [0.5, 0.6) is 11.5 Å². The molecule has 1 heterocycles. The van der Waals surface area contributed by atoms with Crippen LogP contribution in [-0.4, -0.2) is 30.1 Å². The average molecular weight is 428 g/mol. The third kappa shape index (κ3) is 6.55. The maximum Gasteiger partial charge on any atom is 0.251 e. The molecular weight excluding hydrogens is 401 g/mol. The van der Waals surface area contributed by atoms with Crippen LogP contribution in [0.2, 0.25) is 0 Å². The highest BCUT2D eigenvalue weighted by Gasteiger charge is 2.31. The number of carbonyl (C=O) groups excluding carboxylic acids is 1. The van der Waals surface area contributed by atoms with Gasteiger partial charge in [0.2, 0.25) is 0 Å². The monoisotopic (exact) mass is 427 g/mol. The number of nitrogens with zero attached hydrogens (tertiary/aromatic N) is 1. The highest BCUT2D eigenvalue weighted by atomic mass is 35.5. The first-order valence-electron chi connectivity index (χ1n) is 9.00. The van der Waals surface area contributed by atoms with Gasteiger partial charge in [0.15, 0.2) is 11.5 Å². The minimum absolute atomic E-state index is 0. The van der Waals surface area contributed by atoms with Gasteiger partial charge in [0.25, 0.3) is 5.91 Å². The van der Waals surface area contributed by atoms with Crippen molar-refractivity contribution in [3.8, 4) is 11.5 Å². The van der Waals surface area contributed by atoms with Gasteiger partial charge in [0, 0.05) is 36.1 Å². The van der Waals surface area contributed by atoms with Crippen LogP contribution >= 0.6 is 24.8 Å². The van der Waals surface area contributed by atoms with Crippen molar-refractivity contribution in [2.75, 3.05) is 13.2 Å². The molecule has 3 rings (SSSR count). The summed E-state index contributed by atoms with van der Waals surface area (Å²) in [4.78, 5) is 16.6. The third-order valence-electron chi connectivity index (χ3n) is 4.38. The van der Waals surface area contributed by atoms with Gasteiger partial charge in [-0.25, -0.2) is 0 Å². The van der Waals surface area contributed by atoms with Crippen LogP contribution in [0.25, 0.3) is 0 Å². The summed E-state index contributed by atoms with van der Waals surface area (Å²) in [5.41, 5.74) is 7.28. The summed E-state index contributed by atoms with van der Waals surface area (Å²) in [6, 6.07) is 9.09. The fourth-order valence-corrected chi connectivity index (χ4v) is 2.80. The molecule has 2 aromatic rings. The number of aromatic nitrogens is 1. The van der Waals surface area contributed by atoms with E-state index in [4.69, 9.17) is 15.2 Å². The van der Waals surface area contributed by atoms with E-state index >= 15 is 0 Å². The second kappa shape index (κ2) is 11.7. The zero-order chi connectivity index (χ0) is 18.4. The number of hydrogen-bond donors (Lipinski definition) is 2. The Labute approximate surface area is 178 Å². The van der Waals surface area contributed by atoms with Crippen molar-refractivity contribution in [3.63, 3.8) is 0 Å². The SMILES string of the molecule is CCOc1cc(C(=O)NC(CN)C2CC2)ccc1OCc1cccnc1.Cl.Cl. The summed E-state index contributed by atoms with van der Waals surface area (Å²) in [7, 11) is 0. The molecule has 0 radical (unpaired) electrons. The molecule has 0 aliphatic heterocycles. The van der Waals surface area contributed by atoms with Crippen LogP contribution in [0.15, 0.2) is 42.7 Å². The number of pyridine rings is 1. The fourth-order valence-electron chi connectivity index (χ4n) is 2.80. The van der Waals surface area contributed by atoms with Gasteiger partial charge in [-0.15, -0.1) is 24.8 Å². The highest BCUT2D eigenvalue weighted by Crippen LogP contribution is 2.33. The minimum atomic E-state index is -0.132. The summed E-state index contributed by atoms with van der Waals surface area (Å²) < 4.78 is 11.5. The lowest BCUT2D eigenvalue weighted by Crippen LogP contribution is -2.41. The Morgan fingerprint density at radius 1 is 1.25 bits per heavy atom. The number of hydrogen-bond acceptors (Lipinski definition) is 5. The normalized spacial score (nSPS) is 13.5. The lowest BCUT2D eigenvalue weighted by Gasteiger charge is -2.17. The van der Waals surface area contributed by atoms with E-state index in [1.54, 1.807) is 30.6 Å². The largest absolute Gasteiger partial charge is 0.490 e. The standard InChI is InChI=1S/C20H25N3O3.2ClH/c1-2-25-19-10-16(20(24)23-17(11-21)15-5-6-15)7-8-18(19)26-13-14-4-3-9-22-12-14;;/h3-4,7-10,12,15,17H,2,5-6,11,13,21H2,1H3,(H,23,24);2*1H. The molecule has 1 amide bonds. The molecule has 1 aliphatic carbocycles. The number of nitrogens with one attached hydrogen (secondary N) is 1. The van der Waals surface area contributed by atoms with Crippen molar-refractivity contribution in [2.24, 2.45) is 11.7 Å². The van der Waals surface area contributed by atoms with Gasteiger partial charge in [-0.05, 0) is 49.9 Å². The topological polar surface area (TPSA) is 86.5 Å². The molecule has 1 unspecified atom stereocenters. The first-order valence-corrected chi connectivity index (χ1v) is 9.00. The van der Waals surface area contributed by atoms with Crippen LogP contribution in [-0.2, 0) is 6.61 Å². The van der Waals surface area contributed by atoms with E-state index in [1.165, 1.54) is 0 Å². The molecule has 154 valence electrons. The molecule has 0 saturated heterocycles. The van der Waals surface area contributed by atoms with Gasteiger partial charge >= 0.3 is 0 Å². The summed E-state index contributed by atoms with van der Waals surface area (Å²) in [6.07, 6.45) is 5.74. The van der Waals surface area contributed by atoms with E-state index in [2.05, 4.69) is 10.3 Å². The van der Waals surface area contributed by atoms with E-state index in [0.29, 0.717) is 42.7 Å². The van der Waals surface area contributed by atoms with Crippen molar-refractivity contribution in [2.45, 2.75) is 32.4 Å². The Bertz CT molecular complexity index is 743. The summed E-state index contributed by atoms with van der Waals surface area (Å²) in [5.74, 6) is 1.54. The van der Waals surface area contributed by atoms with E-state index in [-0.39, 0.29) is 36.8 Å². The Morgan fingerprint density at radius 2 is 2.04 bits per heavy atom. The van der Waals surface area contributed by atoms with E-state index in [0.717, 1.165) is 18.4 Å². The molecule has 1 aromatic carbocycles. The average Bonchev–Trinajstić information content (AvgIpc) is 3.51. The quantitative estimate of drug-likeness (QED) is 0.640. The summed E-state index contributed by atoms with van der Waals surface area (Å²) in [6.45, 7) is 3.23. The zero-order valence-corrected chi connectivity index (χ0v) is 17.4. The summed E-state index contributed by atoms with van der Waals surface area (Å²) >= 11 is 0. The number of amides is 1. The summed E-state index contributed by atoms with van der Waals surface area (Å²) in [5, 5.41) is 3.02. The van der Waals surface area contributed by atoms with Gasteiger partial charge < -0.3 is 20.5 Å². The molecule has 6 nitrogen and oxygen atoms in total. The van der Waals surface area contributed by atoms with Crippen molar-refractivity contribution < 1.29 is 14.3 Å². The molecule has 1 fully saturated rings. The number of ether oxygens (including phenoxy) is 2. The number of benzene rings is 1. The molecule has 8 heteroatoms. The molecule has 1 saturated carbocycles.